The molecular weight excluding hydrogens is 266 g/mol. The molecule has 1 unspecified atom stereocenters. The minimum atomic E-state index is -0.395. The highest BCUT2D eigenvalue weighted by Gasteiger charge is 2.15. The summed E-state index contributed by atoms with van der Waals surface area (Å²) in [5, 5.41) is 2.85. The highest BCUT2D eigenvalue weighted by molar-refractivity contribution is 5.68. The minimum absolute atomic E-state index is 0.0390. The number of carbonyl (C=O) groups is 1. The van der Waals surface area contributed by atoms with E-state index in [1.54, 1.807) is 7.11 Å². The Morgan fingerprint density at radius 1 is 1.24 bits per heavy atom. The van der Waals surface area contributed by atoms with E-state index in [-0.39, 0.29) is 12.6 Å². The lowest BCUT2D eigenvalue weighted by molar-refractivity contribution is 0.137. The van der Waals surface area contributed by atoms with Gasteiger partial charge < -0.3 is 14.8 Å². The molecule has 112 valence electrons. The van der Waals surface area contributed by atoms with Crippen molar-refractivity contribution in [2.75, 3.05) is 7.11 Å². The van der Waals surface area contributed by atoms with Crippen molar-refractivity contribution >= 4 is 6.09 Å². The molecule has 0 heterocycles. The van der Waals surface area contributed by atoms with E-state index in [4.69, 9.17) is 9.47 Å². The third-order valence-electron chi connectivity index (χ3n) is 3.50. The third kappa shape index (κ3) is 4.67. The highest BCUT2D eigenvalue weighted by atomic mass is 16.5. The maximum atomic E-state index is 11.8. The van der Waals surface area contributed by atoms with Gasteiger partial charge in [-0.1, -0.05) is 36.4 Å². The SMILES string of the molecule is COC1=CCC(C(C)NC(=O)OCc2ccccc2)=CC1. The Hall–Kier alpha value is -2.23. The van der Waals surface area contributed by atoms with Crippen molar-refractivity contribution in [2.24, 2.45) is 0 Å². The van der Waals surface area contributed by atoms with Gasteiger partial charge in [0.1, 0.15) is 6.61 Å². The molecule has 1 aromatic carbocycles. The summed E-state index contributed by atoms with van der Waals surface area (Å²) in [6.45, 7) is 2.24. The number of allylic oxidation sites excluding steroid dienone is 2. The standard InChI is InChI=1S/C17H21NO3/c1-13(15-8-10-16(20-2)11-9-15)18-17(19)21-12-14-6-4-3-5-7-14/h3-8,11,13H,9-10,12H2,1-2H3,(H,18,19). The van der Waals surface area contributed by atoms with Gasteiger partial charge in [0.05, 0.1) is 18.9 Å². The van der Waals surface area contributed by atoms with E-state index in [0.29, 0.717) is 0 Å². The molecule has 4 nitrogen and oxygen atoms in total. The number of nitrogens with one attached hydrogen (secondary N) is 1. The smallest absolute Gasteiger partial charge is 0.407 e. The van der Waals surface area contributed by atoms with Gasteiger partial charge in [0.2, 0.25) is 0 Å². The number of alkyl carbamates (subject to hydrolysis) is 1. The maximum Gasteiger partial charge on any atom is 0.407 e. The molecule has 1 aliphatic rings. The zero-order valence-corrected chi connectivity index (χ0v) is 12.5. The molecule has 0 saturated carbocycles. The van der Waals surface area contributed by atoms with Crippen molar-refractivity contribution < 1.29 is 14.3 Å². The van der Waals surface area contributed by atoms with Gasteiger partial charge in [-0.05, 0) is 30.6 Å². The van der Waals surface area contributed by atoms with Gasteiger partial charge in [0.25, 0.3) is 0 Å². The lowest BCUT2D eigenvalue weighted by Gasteiger charge is -2.20. The third-order valence-corrected chi connectivity index (χ3v) is 3.50. The molecule has 2 rings (SSSR count). The molecule has 4 heteroatoms. The van der Waals surface area contributed by atoms with Gasteiger partial charge in [-0.15, -0.1) is 0 Å². The Bertz CT molecular complexity index is 534. The molecule has 0 aliphatic heterocycles. The van der Waals surface area contributed by atoms with Crippen LogP contribution in [0.3, 0.4) is 0 Å². The van der Waals surface area contributed by atoms with E-state index in [9.17, 15) is 4.79 Å². The summed E-state index contributed by atoms with van der Waals surface area (Å²) in [5.41, 5.74) is 2.15. The lowest BCUT2D eigenvalue weighted by Crippen LogP contribution is -2.34. The molecule has 0 saturated heterocycles. The average Bonchev–Trinajstić information content (AvgIpc) is 2.54. The Labute approximate surface area is 125 Å². The summed E-state index contributed by atoms with van der Waals surface area (Å²) in [6.07, 6.45) is 5.32. The second kappa shape index (κ2) is 7.53. The zero-order valence-electron chi connectivity index (χ0n) is 12.5. The predicted molar refractivity (Wildman–Crippen MR) is 81.6 cm³/mol. The number of methoxy groups -OCH3 is 1. The number of benzene rings is 1. The first-order valence-corrected chi connectivity index (χ1v) is 7.08. The Balaban J connectivity index is 1.76. The van der Waals surface area contributed by atoms with Crippen LogP contribution in [0.2, 0.25) is 0 Å². The van der Waals surface area contributed by atoms with Crippen LogP contribution in [0.15, 0.2) is 53.8 Å². The quantitative estimate of drug-likeness (QED) is 0.842. The van der Waals surface area contributed by atoms with E-state index in [0.717, 1.165) is 24.2 Å². The largest absolute Gasteiger partial charge is 0.501 e. The van der Waals surface area contributed by atoms with Crippen LogP contribution in [-0.4, -0.2) is 19.2 Å². The first-order chi connectivity index (χ1) is 10.2. The van der Waals surface area contributed by atoms with E-state index >= 15 is 0 Å². The molecule has 1 aliphatic carbocycles. The monoisotopic (exact) mass is 287 g/mol. The molecule has 1 atom stereocenters. The second-order valence-electron chi connectivity index (χ2n) is 4.99. The number of rotatable bonds is 5. The maximum absolute atomic E-state index is 11.8. The number of hydrogen-bond acceptors (Lipinski definition) is 3. The molecule has 21 heavy (non-hydrogen) atoms. The minimum Gasteiger partial charge on any atom is -0.501 e. The van der Waals surface area contributed by atoms with Crippen LogP contribution in [-0.2, 0) is 16.1 Å². The van der Waals surface area contributed by atoms with Crippen molar-refractivity contribution in [3.05, 3.63) is 59.4 Å². The highest BCUT2D eigenvalue weighted by Crippen LogP contribution is 2.20. The fourth-order valence-electron chi connectivity index (χ4n) is 2.18. The molecule has 0 bridgehead atoms. The summed E-state index contributed by atoms with van der Waals surface area (Å²) in [7, 11) is 1.67. The van der Waals surface area contributed by atoms with E-state index in [1.807, 2.05) is 43.3 Å². The van der Waals surface area contributed by atoms with Crippen LogP contribution in [0.25, 0.3) is 0 Å². The predicted octanol–water partition coefficient (Wildman–Crippen LogP) is 3.55. The molecular formula is C17H21NO3. The Morgan fingerprint density at radius 3 is 2.62 bits per heavy atom. The van der Waals surface area contributed by atoms with Crippen LogP contribution in [0.4, 0.5) is 4.79 Å². The fourth-order valence-corrected chi connectivity index (χ4v) is 2.18. The van der Waals surface area contributed by atoms with Crippen molar-refractivity contribution in [3.63, 3.8) is 0 Å². The Kier molecular flexibility index (Phi) is 5.43. The second-order valence-corrected chi connectivity index (χ2v) is 4.99. The van der Waals surface area contributed by atoms with Gasteiger partial charge in [-0.3, -0.25) is 0 Å². The average molecular weight is 287 g/mol. The van der Waals surface area contributed by atoms with E-state index in [1.165, 1.54) is 5.57 Å². The molecule has 1 amide bonds. The fraction of sp³-hybridized carbons (Fsp3) is 0.353. The van der Waals surface area contributed by atoms with Gasteiger partial charge >= 0.3 is 6.09 Å². The normalized spacial score (nSPS) is 15.5. The van der Waals surface area contributed by atoms with Crippen LogP contribution in [0.1, 0.15) is 25.3 Å². The summed E-state index contributed by atoms with van der Waals surface area (Å²) < 4.78 is 10.4. The molecule has 0 aromatic heterocycles. The first kappa shape index (κ1) is 15.2. The van der Waals surface area contributed by atoms with E-state index < -0.39 is 6.09 Å². The van der Waals surface area contributed by atoms with Gasteiger partial charge in [-0.25, -0.2) is 4.79 Å². The molecule has 0 spiro atoms. The van der Waals surface area contributed by atoms with Crippen molar-refractivity contribution in [3.8, 4) is 0 Å². The van der Waals surface area contributed by atoms with Crippen molar-refractivity contribution in [1.82, 2.24) is 5.32 Å². The topological polar surface area (TPSA) is 47.6 Å². The molecule has 1 N–H and O–H groups in total. The molecule has 1 aromatic rings. The van der Waals surface area contributed by atoms with Crippen LogP contribution in [0.5, 0.6) is 0 Å². The first-order valence-electron chi connectivity index (χ1n) is 7.08. The van der Waals surface area contributed by atoms with Gasteiger partial charge in [0.15, 0.2) is 0 Å². The van der Waals surface area contributed by atoms with Crippen molar-refractivity contribution in [1.29, 1.82) is 0 Å². The van der Waals surface area contributed by atoms with Crippen LogP contribution < -0.4 is 5.32 Å². The molecule has 0 radical (unpaired) electrons. The van der Waals surface area contributed by atoms with Gasteiger partial charge in [0, 0.05) is 6.42 Å². The van der Waals surface area contributed by atoms with Gasteiger partial charge in [-0.2, -0.15) is 0 Å². The zero-order chi connectivity index (χ0) is 15.1. The number of carbonyl (C=O) groups excluding carboxylic acids is 1. The summed E-state index contributed by atoms with van der Waals surface area (Å²) in [4.78, 5) is 11.8. The Morgan fingerprint density at radius 2 is 2.00 bits per heavy atom. The van der Waals surface area contributed by atoms with E-state index in [2.05, 4.69) is 11.4 Å². The van der Waals surface area contributed by atoms with Crippen LogP contribution in [0, 0.1) is 0 Å². The number of hydrogen-bond donors (Lipinski definition) is 1. The van der Waals surface area contributed by atoms with Crippen molar-refractivity contribution in [2.45, 2.75) is 32.4 Å². The lowest BCUT2D eigenvalue weighted by atomic mass is 9.99. The number of amides is 1. The summed E-state index contributed by atoms with van der Waals surface area (Å²) in [6, 6.07) is 9.60. The van der Waals surface area contributed by atoms with Crippen LogP contribution >= 0.6 is 0 Å². The molecule has 0 fully saturated rings. The summed E-state index contributed by atoms with van der Waals surface area (Å²) in [5.74, 6) is 0.970. The summed E-state index contributed by atoms with van der Waals surface area (Å²) >= 11 is 0. The number of ether oxygens (including phenoxy) is 2.